The summed E-state index contributed by atoms with van der Waals surface area (Å²) in [5.74, 6) is -1.76. The molecule has 9 heavy (non-hydrogen) atoms. The molecule has 50 valence electrons. The van der Waals surface area contributed by atoms with Crippen molar-refractivity contribution < 1.29 is 19.4 Å². The minimum atomic E-state index is -1.30. The molecule has 0 saturated carbocycles. The van der Waals surface area contributed by atoms with Crippen molar-refractivity contribution in [1.29, 1.82) is 0 Å². The molecule has 0 spiro atoms. The summed E-state index contributed by atoms with van der Waals surface area (Å²) in [5, 5.41) is 9.96. The Morgan fingerprint density at radius 3 is 2.67 bits per heavy atom. The molecule has 4 nitrogen and oxygen atoms in total. The van der Waals surface area contributed by atoms with Crippen LogP contribution in [-0.2, 0) is 14.3 Å². The Kier molecular flexibility index (Phi) is 1.38. The molecule has 0 amide bonds. The van der Waals surface area contributed by atoms with Crippen LogP contribution in [-0.4, -0.2) is 18.0 Å². The van der Waals surface area contributed by atoms with Crippen LogP contribution in [0.5, 0.6) is 0 Å². The van der Waals surface area contributed by atoms with Gasteiger partial charge in [-0.15, -0.1) is 0 Å². The molecule has 4 heteroatoms. The third-order valence-electron chi connectivity index (χ3n) is 1.15. The summed E-state index contributed by atoms with van der Waals surface area (Å²) in [7, 11) is 0. The molecule has 0 N–H and O–H groups in total. The van der Waals surface area contributed by atoms with Crippen LogP contribution in [0.2, 0.25) is 0 Å². The maximum Gasteiger partial charge on any atom is 0.306 e. The fourth-order valence-electron chi connectivity index (χ4n) is 0.691. The number of cyclic esters (lactones) is 1. The monoisotopic (exact) mass is 129 g/mol. The van der Waals surface area contributed by atoms with Gasteiger partial charge in [0.1, 0.15) is 6.10 Å². The van der Waals surface area contributed by atoms with Gasteiger partial charge >= 0.3 is 5.97 Å². The van der Waals surface area contributed by atoms with Gasteiger partial charge in [0.25, 0.3) is 0 Å². The van der Waals surface area contributed by atoms with Gasteiger partial charge in [0, 0.05) is 12.8 Å². The lowest BCUT2D eigenvalue weighted by Gasteiger charge is -2.07. The second-order valence-electron chi connectivity index (χ2n) is 1.84. The Morgan fingerprint density at radius 2 is 2.44 bits per heavy atom. The lowest BCUT2D eigenvalue weighted by molar-refractivity contribution is -0.314. The largest absolute Gasteiger partial charge is 0.546 e. The molecule has 1 saturated heterocycles. The van der Waals surface area contributed by atoms with Crippen LogP contribution in [0.25, 0.3) is 0 Å². The first-order valence-electron chi connectivity index (χ1n) is 2.60. The zero-order valence-corrected chi connectivity index (χ0v) is 4.62. The van der Waals surface area contributed by atoms with Gasteiger partial charge in [0.05, 0.1) is 5.97 Å². The van der Waals surface area contributed by atoms with Gasteiger partial charge in [0.2, 0.25) is 0 Å². The second-order valence-corrected chi connectivity index (χ2v) is 1.84. The number of hydrogen-bond acceptors (Lipinski definition) is 4. The maximum absolute atomic E-state index is 10.2. The molecule has 0 aromatic rings. The number of carboxylic acid groups (broad SMARTS) is 1. The van der Waals surface area contributed by atoms with Crippen LogP contribution >= 0.6 is 0 Å². The Morgan fingerprint density at radius 1 is 1.78 bits per heavy atom. The Balaban J connectivity index is 2.48. The number of carbonyl (C=O) groups excluding carboxylic acids is 2. The zero-order chi connectivity index (χ0) is 6.85. The van der Waals surface area contributed by atoms with Crippen molar-refractivity contribution in [3.05, 3.63) is 0 Å². The van der Waals surface area contributed by atoms with Gasteiger partial charge in [-0.3, -0.25) is 4.79 Å². The summed E-state index contributed by atoms with van der Waals surface area (Å²) in [6.45, 7) is 0. The van der Waals surface area contributed by atoms with Crippen molar-refractivity contribution in [2.75, 3.05) is 0 Å². The summed E-state index contributed by atoms with van der Waals surface area (Å²) < 4.78 is 4.32. The van der Waals surface area contributed by atoms with E-state index in [9.17, 15) is 14.7 Å². The first kappa shape index (κ1) is 6.07. The lowest BCUT2D eigenvalue weighted by Crippen LogP contribution is -2.35. The molecule has 1 atom stereocenters. The molecule has 0 aromatic carbocycles. The Labute approximate surface area is 51.4 Å². The highest BCUT2D eigenvalue weighted by atomic mass is 16.6. The van der Waals surface area contributed by atoms with E-state index in [2.05, 4.69) is 4.74 Å². The second kappa shape index (κ2) is 2.05. The van der Waals surface area contributed by atoms with Crippen LogP contribution in [0.1, 0.15) is 12.8 Å². The SMILES string of the molecule is O=C1CCC(C(=O)[O-])O1. The van der Waals surface area contributed by atoms with E-state index < -0.39 is 18.0 Å². The molecule has 1 unspecified atom stereocenters. The smallest absolute Gasteiger partial charge is 0.306 e. The van der Waals surface area contributed by atoms with E-state index in [4.69, 9.17) is 0 Å². The molecule has 1 aliphatic rings. The van der Waals surface area contributed by atoms with Crippen molar-refractivity contribution in [3.63, 3.8) is 0 Å². The molecular formula is C5H5O4-. The van der Waals surface area contributed by atoms with Crippen molar-refractivity contribution in [3.8, 4) is 0 Å². The maximum atomic E-state index is 10.2. The summed E-state index contributed by atoms with van der Waals surface area (Å²) in [6.07, 6.45) is -0.558. The fraction of sp³-hybridized carbons (Fsp3) is 0.600. The van der Waals surface area contributed by atoms with E-state index >= 15 is 0 Å². The number of rotatable bonds is 1. The predicted octanol–water partition coefficient (Wildman–Crippen LogP) is -1.56. The zero-order valence-electron chi connectivity index (χ0n) is 4.62. The standard InChI is InChI=1S/C5H6O4/c6-4-2-1-3(9-4)5(7)8/h3H,1-2H2,(H,7,8)/p-1. The molecule has 0 bridgehead atoms. The van der Waals surface area contributed by atoms with Gasteiger partial charge in [-0.2, -0.15) is 0 Å². The van der Waals surface area contributed by atoms with Crippen molar-refractivity contribution in [1.82, 2.24) is 0 Å². The minimum absolute atomic E-state index is 0.193. The quantitative estimate of drug-likeness (QED) is 0.401. The van der Waals surface area contributed by atoms with Crippen molar-refractivity contribution in [2.24, 2.45) is 0 Å². The van der Waals surface area contributed by atoms with Crippen LogP contribution in [0.4, 0.5) is 0 Å². The molecule has 1 heterocycles. The molecule has 1 aliphatic heterocycles. The first-order valence-corrected chi connectivity index (χ1v) is 2.60. The van der Waals surface area contributed by atoms with Gasteiger partial charge < -0.3 is 14.6 Å². The van der Waals surface area contributed by atoms with Crippen LogP contribution in [0.15, 0.2) is 0 Å². The number of hydrogen-bond donors (Lipinski definition) is 0. The Hall–Kier alpha value is -1.06. The summed E-state index contributed by atoms with van der Waals surface area (Å²) in [4.78, 5) is 20.2. The van der Waals surface area contributed by atoms with E-state index in [1.54, 1.807) is 0 Å². The van der Waals surface area contributed by atoms with E-state index in [0.717, 1.165) is 0 Å². The van der Waals surface area contributed by atoms with E-state index in [1.165, 1.54) is 0 Å². The number of ether oxygens (including phenoxy) is 1. The number of esters is 1. The Bertz CT molecular complexity index is 151. The lowest BCUT2D eigenvalue weighted by atomic mass is 10.2. The van der Waals surface area contributed by atoms with Gasteiger partial charge in [-0.1, -0.05) is 0 Å². The molecule has 0 aliphatic carbocycles. The van der Waals surface area contributed by atoms with E-state index in [-0.39, 0.29) is 12.8 Å². The van der Waals surface area contributed by atoms with Crippen molar-refractivity contribution >= 4 is 11.9 Å². The highest BCUT2D eigenvalue weighted by molar-refractivity contribution is 5.80. The van der Waals surface area contributed by atoms with Crippen LogP contribution in [0.3, 0.4) is 0 Å². The summed E-state index contributed by atoms with van der Waals surface area (Å²) in [5.41, 5.74) is 0. The minimum Gasteiger partial charge on any atom is -0.546 e. The van der Waals surface area contributed by atoms with Crippen LogP contribution < -0.4 is 5.11 Å². The predicted molar refractivity (Wildman–Crippen MR) is 24.1 cm³/mol. The average Bonchev–Trinajstić information content (AvgIpc) is 2.14. The number of carboxylic acids is 1. The third kappa shape index (κ3) is 1.19. The number of carbonyl (C=O) groups is 2. The highest BCUT2D eigenvalue weighted by Gasteiger charge is 2.23. The fourth-order valence-corrected chi connectivity index (χ4v) is 0.691. The molecule has 0 aromatic heterocycles. The molecule has 1 rings (SSSR count). The molecular weight excluding hydrogens is 124 g/mol. The van der Waals surface area contributed by atoms with E-state index in [0.29, 0.717) is 0 Å². The van der Waals surface area contributed by atoms with E-state index in [1.807, 2.05) is 0 Å². The molecule has 0 radical (unpaired) electrons. The van der Waals surface area contributed by atoms with Gasteiger partial charge in [-0.25, -0.2) is 0 Å². The van der Waals surface area contributed by atoms with Gasteiger partial charge in [-0.05, 0) is 0 Å². The third-order valence-corrected chi connectivity index (χ3v) is 1.15. The topological polar surface area (TPSA) is 66.4 Å². The normalized spacial score (nSPS) is 25.8. The number of aliphatic carboxylic acids is 1. The van der Waals surface area contributed by atoms with Crippen molar-refractivity contribution in [2.45, 2.75) is 18.9 Å². The average molecular weight is 129 g/mol. The summed E-state index contributed by atoms with van der Waals surface area (Å²) >= 11 is 0. The molecule has 1 fully saturated rings. The van der Waals surface area contributed by atoms with Crippen LogP contribution in [0, 0.1) is 0 Å². The summed E-state index contributed by atoms with van der Waals surface area (Å²) in [6, 6.07) is 0. The first-order chi connectivity index (χ1) is 4.20. The van der Waals surface area contributed by atoms with Gasteiger partial charge in [0.15, 0.2) is 0 Å². The highest BCUT2D eigenvalue weighted by Crippen LogP contribution is 2.11.